The highest BCUT2D eigenvalue weighted by molar-refractivity contribution is 5.98. The highest BCUT2D eigenvalue weighted by atomic mass is 19.4. The zero-order chi connectivity index (χ0) is 21.6. The summed E-state index contributed by atoms with van der Waals surface area (Å²) in [4.78, 5) is 12.2. The molecule has 1 aromatic heterocycles. The van der Waals surface area contributed by atoms with Crippen LogP contribution >= 0.6 is 0 Å². The summed E-state index contributed by atoms with van der Waals surface area (Å²) in [6.07, 6.45) is -4.69. The third-order valence-corrected chi connectivity index (χ3v) is 3.97. The number of rotatable bonds is 2. The van der Waals surface area contributed by atoms with Crippen LogP contribution in [0.5, 0.6) is 5.75 Å². The molecule has 3 aromatic rings. The van der Waals surface area contributed by atoms with E-state index in [1.165, 1.54) is 30.3 Å². The molecule has 0 radical (unpaired) electrons. The minimum Gasteiger partial charge on any atom is -0.507 e. The lowest BCUT2D eigenvalue weighted by Gasteiger charge is -2.20. The van der Waals surface area contributed by atoms with Gasteiger partial charge in [-0.2, -0.15) is 18.4 Å². The van der Waals surface area contributed by atoms with Gasteiger partial charge in [0.2, 0.25) is 5.76 Å². The number of carbonyl (C=O) groups is 1. The summed E-state index contributed by atoms with van der Waals surface area (Å²) in [6, 6.07) is 9.31. The average Bonchev–Trinajstić information content (AvgIpc) is 3.03. The van der Waals surface area contributed by atoms with Gasteiger partial charge in [-0.25, -0.2) is 4.79 Å². The number of benzene rings is 2. The van der Waals surface area contributed by atoms with Crippen molar-refractivity contribution in [2.75, 3.05) is 0 Å². The first kappa shape index (κ1) is 20.3. The molecule has 1 heterocycles. The van der Waals surface area contributed by atoms with Gasteiger partial charge in [0.15, 0.2) is 0 Å². The number of furan rings is 1. The van der Waals surface area contributed by atoms with Crippen molar-refractivity contribution >= 4 is 16.9 Å². The van der Waals surface area contributed by atoms with E-state index in [0.717, 1.165) is 6.07 Å². The molecule has 0 bridgehead atoms. The number of carbonyl (C=O) groups excluding carboxylic acids is 1. The number of aromatic hydroxyl groups is 1. The second-order valence-corrected chi connectivity index (χ2v) is 7.39. The van der Waals surface area contributed by atoms with Crippen molar-refractivity contribution in [3.05, 3.63) is 53.3 Å². The molecule has 0 aliphatic rings. The maximum Gasteiger partial charge on any atom is 0.449 e. The number of nitrogens with zero attached hydrogens (tertiary/aromatic N) is 1. The van der Waals surface area contributed by atoms with Gasteiger partial charge in [-0.1, -0.05) is 6.07 Å². The van der Waals surface area contributed by atoms with Gasteiger partial charge < -0.3 is 14.3 Å². The fraction of sp³-hybridized carbons (Fsp3) is 0.238. The van der Waals surface area contributed by atoms with Crippen LogP contribution in [0.3, 0.4) is 0 Å². The van der Waals surface area contributed by atoms with Crippen LogP contribution in [0.2, 0.25) is 0 Å². The predicted octanol–water partition coefficient (Wildman–Crippen LogP) is 5.65. The minimum atomic E-state index is -4.69. The standard InChI is InChI=1S/C21H16F3NO4/c1-20(2,3)29-19(27)13-5-4-12(8-16(13)26)14-6-11(10-25)7-17-15(14)9-18(28-17)21(22,23)24/h4-9,26H,1-3H3. The van der Waals surface area contributed by atoms with Crippen LogP contribution in [0, 0.1) is 11.3 Å². The number of ether oxygens (including phenoxy) is 1. The van der Waals surface area contributed by atoms with Gasteiger partial charge in [0.05, 0.1) is 11.6 Å². The Balaban J connectivity index is 2.13. The van der Waals surface area contributed by atoms with Gasteiger partial charge in [-0.15, -0.1) is 0 Å². The van der Waals surface area contributed by atoms with Crippen molar-refractivity contribution in [1.29, 1.82) is 5.26 Å². The summed E-state index contributed by atoms with van der Waals surface area (Å²) in [5, 5.41) is 19.6. The molecule has 0 atom stereocenters. The second-order valence-electron chi connectivity index (χ2n) is 7.39. The molecular weight excluding hydrogens is 387 g/mol. The maximum atomic E-state index is 13.0. The van der Waals surface area contributed by atoms with Crippen molar-refractivity contribution < 1.29 is 32.2 Å². The maximum absolute atomic E-state index is 13.0. The predicted molar refractivity (Wildman–Crippen MR) is 98.2 cm³/mol. The molecule has 150 valence electrons. The van der Waals surface area contributed by atoms with Crippen LogP contribution in [0.4, 0.5) is 13.2 Å². The highest BCUT2D eigenvalue weighted by Gasteiger charge is 2.35. The van der Waals surface area contributed by atoms with Gasteiger partial charge in [0, 0.05) is 5.39 Å². The van der Waals surface area contributed by atoms with Crippen molar-refractivity contribution in [3.8, 4) is 22.9 Å². The van der Waals surface area contributed by atoms with Crippen LogP contribution in [0.25, 0.3) is 22.1 Å². The number of phenols is 1. The Labute approximate surface area is 163 Å². The third-order valence-electron chi connectivity index (χ3n) is 3.97. The fourth-order valence-electron chi connectivity index (χ4n) is 2.79. The van der Waals surface area contributed by atoms with Crippen LogP contribution in [0.15, 0.2) is 40.8 Å². The van der Waals surface area contributed by atoms with E-state index < -0.39 is 29.3 Å². The summed E-state index contributed by atoms with van der Waals surface area (Å²) >= 11 is 0. The molecule has 0 amide bonds. The molecular formula is C21H16F3NO4. The van der Waals surface area contributed by atoms with E-state index in [9.17, 15) is 28.3 Å². The smallest absolute Gasteiger partial charge is 0.449 e. The molecule has 0 saturated carbocycles. The van der Waals surface area contributed by atoms with E-state index in [2.05, 4.69) is 0 Å². The molecule has 0 aliphatic carbocycles. The van der Waals surface area contributed by atoms with Crippen LogP contribution in [-0.2, 0) is 10.9 Å². The van der Waals surface area contributed by atoms with Crippen molar-refractivity contribution in [2.45, 2.75) is 32.5 Å². The first-order chi connectivity index (χ1) is 13.4. The first-order valence-corrected chi connectivity index (χ1v) is 8.50. The van der Waals surface area contributed by atoms with Gasteiger partial charge in [-0.05, 0) is 62.2 Å². The molecule has 29 heavy (non-hydrogen) atoms. The summed E-state index contributed by atoms with van der Waals surface area (Å²) < 4.78 is 49.2. The molecule has 0 fully saturated rings. The summed E-state index contributed by atoms with van der Waals surface area (Å²) in [5.74, 6) is -2.33. The summed E-state index contributed by atoms with van der Waals surface area (Å²) in [7, 11) is 0. The molecule has 5 nitrogen and oxygen atoms in total. The van der Waals surface area contributed by atoms with Crippen molar-refractivity contribution in [1.82, 2.24) is 0 Å². The Hall–Kier alpha value is -3.47. The lowest BCUT2D eigenvalue weighted by molar-refractivity contribution is -0.152. The van der Waals surface area contributed by atoms with Crippen LogP contribution < -0.4 is 0 Å². The Morgan fingerprint density at radius 2 is 1.83 bits per heavy atom. The van der Waals surface area contributed by atoms with Crippen LogP contribution in [-0.4, -0.2) is 16.7 Å². The molecule has 0 saturated heterocycles. The van der Waals surface area contributed by atoms with Crippen molar-refractivity contribution in [2.24, 2.45) is 0 Å². The number of nitriles is 1. The molecule has 2 aromatic carbocycles. The number of phenolic OH excluding ortho intramolecular Hbond substituents is 1. The molecule has 0 unspecified atom stereocenters. The number of halogens is 3. The van der Waals surface area contributed by atoms with Gasteiger partial charge >= 0.3 is 12.1 Å². The Morgan fingerprint density at radius 1 is 1.14 bits per heavy atom. The third kappa shape index (κ3) is 4.19. The van der Waals surface area contributed by atoms with E-state index in [0.29, 0.717) is 5.56 Å². The SMILES string of the molecule is CC(C)(C)OC(=O)c1ccc(-c2cc(C#N)cc3oc(C(F)(F)F)cc23)cc1O. The lowest BCUT2D eigenvalue weighted by Crippen LogP contribution is -2.23. The fourth-order valence-corrected chi connectivity index (χ4v) is 2.79. The average molecular weight is 403 g/mol. The number of esters is 1. The summed E-state index contributed by atoms with van der Waals surface area (Å²) in [5.41, 5.74) is -0.302. The zero-order valence-electron chi connectivity index (χ0n) is 15.7. The Morgan fingerprint density at radius 3 is 2.38 bits per heavy atom. The van der Waals surface area contributed by atoms with E-state index in [1.54, 1.807) is 20.8 Å². The quantitative estimate of drug-likeness (QED) is 0.559. The molecule has 1 N–H and O–H groups in total. The largest absolute Gasteiger partial charge is 0.507 e. The van der Waals surface area contributed by atoms with E-state index >= 15 is 0 Å². The number of hydrogen-bond donors (Lipinski definition) is 1. The van der Waals surface area contributed by atoms with E-state index in [4.69, 9.17) is 9.15 Å². The monoisotopic (exact) mass is 403 g/mol. The minimum absolute atomic E-state index is 0.0838. The molecule has 0 aliphatic heterocycles. The lowest BCUT2D eigenvalue weighted by atomic mass is 9.97. The van der Waals surface area contributed by atoms with Crippen LogP contribution in [0.1, 0.15) is 42.5 Å². The first-order valence-electron chi connectivity index (χ1n) is 8.50. The highest BCUT2D eigenvalue weighted by Crippen LogP contribution is 2.39. The van der Waals surface area contributed by atoms with Crippen molar-refractivity contribution in [3.63, 3.8) is 0 Å². The zero-order valence-corrected chi connectivity index (χ0v) is 15.7. The Kier molecular flexibility index (Phi) is 4.79. The number of fused-ring (bicyclic) bond motifs is 1. The second kappa shape index (κ2) is 6.85. The van der Waals surface area contributed by atoms with Gasteiger partial charge in [-0.3, -0.25) is 0 Å². The van der Waals surface area contributed by atoms with E-state index in [-0.39, 0.29) is 27.7 Å². The van der Waals surface area contributed by atoms with Gasteiger partial charge in [0.1, 0.15) is 22.5 Å². The topological polar surface area (TPSA) is 83.5 Å². The molecule has 3 rings (SSSR count). The van der Waals surface area contributed by atoms with E-state index in [1.807, 2.05) is 6.07 Å². The molecule has 8 heteroatoms. The molecule has 0 spiro atoms. The number of hydrogen-bond acceptors (Lipinski definition) is 5. The Bertz CT molecular complexity index is 1150. The van der Waals surface area contributed by atoms with Gasteiger partial charge in [0.25, 0.3) is 0 Å². The summed E-state index contributed by atoms with van der Waals surface area (Å²) in [6.45, 7) is 5.03. The number of alkyl halides is 3. The normalized spacial score (nSPS) is 12.0.